The normalized spacial score (nSPS) is 28.5. The number of esters is 2. The summed E-state index contributed by atoms with van der Waals surface area (Å²) < 4.78 is 52.7. The van der Waals surface area contributed by atoms with Gasteiger partial charge in [0.25, 0.3) is 0 Å². The minimum Gasteiger partial charge on any atom is -0.504 e. The zero-order valence-electron chi connectivity index (χ0n) is 21.7. The number of aromatic hydroxyl groups is 1. The van der Waals surface area contributed by atoms with Gasteiger partial charge in [0.15, 0.2) is 17.6 Å². The Bertz CT molecular complexity index is 1350. The number of likely N-dealkylation sites (tertiary alicyclic amines) is 1. The minimum absolute atomic E-state index is 0.0961. The number of likely N-dealkylation sites (N-methyl/N-ethyl adjacent to an activating group) is 1. The standard InChI is InChI=1S/C26H27F3N2O10/c1-31-9-7-24-19-12-2-3-13(32)20(19)41-21(24)14(4-6-25(24,38)16(31)10-12)39-18(34)5-8-30-17(33)11-15(22(35)36)40-23(37)26(27,28)29/h2-4,15-16,21,32,38H,5-11H2,1H3,(H,30,33)(H,35,36)/t15-,16+,21-,24-,25+/m0/s1. The molecule has 0 radical (unpaired) electrons. The highest BCUT2D eigenvalue weighted by Gasteiger charge is 2.72. The number of rotatable bonds is 8. The van der Waals surface area contributed by atoms with E-state index in [2.05, 4.69) is 15.0 Å². The third-order valence-corrected chi connectivity index (χ3v) is 8.36. The third kappa shape index (κ3) is 4.56. The van der Waals surface area contributed by atoms with E-state index in [1.54, 1.807) is 12.1 Å². The molecule has 0 aromatic heterocycles. The minimum atomic E-state index is -5.44. The van der Waals surface area contributed by atoms with E-state index >= 15 is 0 Å². The van der Waals surface area contributed by atoms with Crippen LogP contribution >= 0.6 is 0 Å². The smallest absolute Gasteiger partial charge is 0.490 e. The molecule has 2 bridgehead atoms. The van der Waals surface area contributed by atoms with Gasteiger partial charge in [0, 0.05) is 24.6 Å². The van der Waals surface area contributed by atoms with Gasteiger partial charge in [-0.05, 0) is 44.1 Å². The van der Waals surface area contributed by atoms with Crippen molar-refractivity contribution in [2.45, 2.75) is 67.5 Å². The number of carbonyl (C=O) groups excluding carboxylic acids is 3. The van der Waals surface area contributed by atoms with Crippen LogP contribution in [0.15, 0.2) is 24.0 Å². The van der Waals surface area contributed by atoms with Gasteiger partial charge >= 0.3 is 24.1 Å². The number of carboxylic acid groups (broad SMARTS) is 1. The first-order valence-electron chi connectivity index (χ1n) is 12.8. The molecule has 4 aliphatic rings. The molecule has 1 aromatic rings. The molecule has 1 saturated heterocycles. The van der Waals surface area contributed by atoms with Crippen LogP contribution < -0.4 is 10.1 Å². The van der Waals surface area contributed by atoms with E-state index in [1.165, 1.54) is 6.07 Å². The summed E-state index contributed by atoms with van der Waals surface area (Å²) in [5, 5.41) is 33.8. The first kappa shape index (κ1) is 28.7. The number of alkyl halides is 3. The van der Waals surface area contributed by atoms with Gasteiger partial charge in [-0.25, -0.2) is 9.59 Å². The number of hydrogen-bond donors (Lipinski definition) is 4. The van der Waals surface area contributed by atoms with Crippen molar-refractivity contribution in [2.75, 3.05) is 20.1 Å². The largest absolute Gasteiger partial charge is 0.504 e. The van der Waals surface area contributed by atoms with Crippen molar-refractivity contribution in [2.24, 2.45) is 0 Å². The zero-order valence-corrected chi connectivity index (χ0v) is 21.7. The number of phenolic OH excluding ortho intramolecular Hbond substituents is 1. The highest BCUT2D eigenvalue weighted by atomic mass is 19.4. The summed E-state index contributed by atoms with van der Waals surface area (Å²) in [6.45, 7) is 0.271. The lowest BCUT2D eigenvalue weighted by atomic mass is 9.50. The van der Waals surface area contributed by atoms with E-state index in [-0.39, 0.29) is 36.3 Å². The van der Waals surface area contributed by atoms with Crippen molar-refractivity contribution >= 4 is 23.8 Å². The van der Waals surface area contributed by atoms with Crippen molar-refractivity contribution in [3.63, 3.8) is 0 Å². The number of nitrogens with zero attached hydrogens (tertiary/aromatic N) is 1. The predicted molar refractivity (Wildman–Crippen MR) is 128 cm³/mol. The van der Waals surface area contributed by atoms with E-state index in [0.29, 0.717) is 24.9 Å². The highest BCUT2D eigenvalue weighted by molar-refractivity contribution is 5.86. The molecular formula is C26H27F3N2O10. The number of piperidine rings is 1. The topological polar surface area (TPSA) is 172 Å². The Labute approximate surface area is 230 Å². The van der Waals surface area contributed by atoms with Crippen molar-refractivity contribution in [1.82, 2.24) is 10.2 Å². The quantitative estimate of drug-likeness (QED) is 0.317. The number of amides is 1. The molecule has 1 aromatic carbocycles. The van der Waals surface area contributed by atoms with Gasteiger partial charge in [0.1, 0.15) is 5.76 Å². The van der Waals surface area contributed by atoms with E-state index in [1.807, 2.05) is 7.05 Å². The van der Waals surface area contributed by atoms with Crippen LogP contribution in [0.5, 0.6) is 11.5 Å². The number of phenols is 1. The van der Waals surface area contributed by atoms with Crippen LogP contribution in [-0.2, 0) is 40.5 Å². The summed E-state index contributed by atoms with van der Waals surface area (Å²) >= 11 is 0. The van der Waals surface area contributed by atoms with Crippen LogP contribution in [0, 0.1) is 0 Å². The molecule has 1 amide bonds. The van der Waals surface area contributed by atoms with Gasteiger partial charge in [-0.2, -0.15) is 13.2 Å². The van der Waals surface area contributed by atoms with E-state index < -0.39 is 66.1 Å². The molecular weight excluding hydrogens is 557 g/mol. The second-order valence-electron chi connectivity index (χ2n) is 10.6. The maximum atomic E-state index is 12.7. The van der Waals surface area contributed by atoms with E-state index in [0.717, 1.165) is 5.56 Å². The predicted octanol–water partition coefficient (Wildman–Crippen LogP) is 0.668. The van der Waals surface area contributed by atoms with Crippen molar-refractivity contribution in [1.29, 1.82) is 0 Å². The van der Waals surface area contributed by atoms with Crippen LogP contribution in [0.25, 0.3) is 0 Å². The lowest BCUT2D eigenvalue weighted by molar-refractivity contribution is -0.207. The van der Waals surface area contributed by atoms with Crippen LogP contribution in [0.4, 0.5) is 13.2 Å². The van der Waals surface area contributed by atoms with E-state index in [4.69, 9.17) is 14.6 Å². The maximum absolute atomic E-state index is 12.7. The molecule has 1 fully saturated rings. The number of aliphatic hydroxyl groups is 1. The molecule has 15 heteroatoms. The fourth-order valence-electron chi connectivity index (χ4n) is 6.54. The van der Waals surface area contributed by atoms with Gasteiger partial charge in [-0.3, -0.25) is 9.59 Å². The summed E-state index contributed by atoms with van der Waals surface area (Å²) in [4.78, 5) is 48.8. The molecule has 0 saturated carbocycles. The van der Waals surface area contributed by atoms with Gasteiger partial charge in [0.2, 0.25) is 12.0 Å². The molecule has 2 aliphatic heterocycles. The molecule has 0 unspecified atom stereocenters. The second-order valence-corrected chi connectivity index (χ2v) is 10.6. The molecule has 4 N–H and O–H groups in total. The summed E-state index contributed by atoms with van der Waals surface area (Å²) in [6.07, 6.45) is -7.47. The Kier molecular flexibility index (Phi) is 6.93. The number of nitrogens with one attached hydrogen (secondary N) is 1. The average molecular weight is 585 g/mol. The van der Waals surface area contributed by atoms with Crippen LogP contribution in [0.3, 0.4) is 0 Å². The number of halogens is 3. The monoisotopic (exact) mass is 584 g/mol. The van der Waals surface area contributed by atoms with Gasteiger partial charge in [-0.1, -0.05) is 6.07 Å². The molecule has 12 nitrogen and oxygen atoms in total. The Hall–Kier alpha value is -3.85. The number of hydrogen-bond acceptors (Lipinski definition) is 10. The highest BCUT2D eigenvalue weighted by Crippen LogP contribution is 2.65. The number of benzene rings is 1. The lowest BCUT2D eigenvalue weighted by Crippen LogP contribution is -2.74. The Morgan fingerprint density at radius 1 is 1.27 bits per heavy atom. The van der Waals surface area contributed by atoms with Gasteiger partial charge in [-0.15, -0.1) is 0 Å². The summed E-state index contributed by atoms with van der Waals surface area (Å²) in [6, 6.07) is 3.09. The molecule has 2 heterocycles. The lowest BCUT2D eigenvalue weighted by Gasteiger charge is -2.61. The van der Waals surface area contributed by atoms with Crippen LogP contribution in [0.1, 0.15) is 36.8 Å². The Balaban J connectivity index is 1.24. The molecule has 5 rings (SSSR count). The fourth-order valence-corrected chi connectivity index (χ4v) is 6.54. The zero-order chi connectivity index (χ0) is 29.9. The summed E-state index contributed by atoms with van der Waals surface area (Å²) in [7, 11) is 1.93. The number of carboxylic acids is 1. The number of ether oxygens (including phenoxy) is 3. The maximum Gasteiger partial charge on any atom is 0.490 e. The molecule has 2 aliphatic carbocycles. The Morgan fingerprint density at radius 2 is 2.00 bits per heavy atom. The molecule has 1 spiro atoms. The fraction of sp³-hybridized carbons (Fsp3) is 0.538. The summed E-state index contributed by atoms with van der Waals surface area (Å²) in [5.74, 6) is -6.29. The summed E-state index contributed by atoms with van der Waals surface area (Å²) in [5.41, 5.74) is -0.583. The van der Waals surface area contributed by atoms with Crippen LogP contribution in [0.2, 0.25) is 0 Å². The molecule has 41 heavy (non-hydrogen) atoms. The van der Waals surface area contributed by atoms with Crippen molar-refractivity contribution < 1.29 is 61.9 Å². The molecule has 222 valence electrons. The molecule has 5 atom stereocenters. The number of aliphatic carboxylic acids is 1. The number of carbonyl (C=O) groups is 4. The Morgan fingerprint density at radius 3 is 2.68 bits per heavy atom. The average Bonchev–Trinajstić information content (AvgIpc) is 3.24. The first-order chi connectivity index (χ1) is 19.2. The van der Waals surface area contributed by atoms with Crippen LogP contribution in [-0.4, -0.2) is 94.2 Å². The van der Waals surface area contributed by atoms with E-state index in [9.17, 15) is 42.6 Å². The van der Waals surface area contributed by atoms with Gasteiger partial charge < -0.3 is 39.7 Å². The first-order valence-corrected chi connectivity index (χ1v) is 12.8. The second kappa shape index (κ2) is 9.91. The van der Waals surface area contributed by atoms with Crippen molar-refractivity contribution in [3.8, 4) is 11.5 Å². The van der Waals surface area contributed by atoms with Crippen molar-refractivity contribution in [3.05, 3.63) is 35.1 Å². The van der Waals surface area contributed by atoms with Gasteiger partial charge in [0.05, 0.1) is 23.9 Å². The SMILES string of the molecule is CN1CC[C@]23c4c5ccc(O)c4O[C@H]2C(OC(=O)CCNC(=O)C[C@H](OC(=O)C(F)(F)F)C(=O)O)=CC[C@@]3(O)[C@H]1C5. The third-order valence-electron chi connectivity index (χ3n) is 8.36.